The van der Waals surface area contributed by atoms with Crippen molar-refractivity contribution in [3.8, 4) is 5.75 Å². The number of carbonyl (C=O) groups excluding carboxylic acids is 1. The van der Waals surface area contributed by atoms with Crippen molar-refractivity contribution in [3.63, 3.8) is 0 Å². The highest BCUT2D eigenvalue weighted by Crippen LogP contribution is 2.21. The molecule has 3 heteroatoms. The third-order valence-electron chi connectivity index (χ3n) is 3.06. The maximum absolute atomic E-state index is 13.9. The topological polar surface area (TPSA) is 26.3 Å². The van der Waals surface area contributed by atoms with Gasteiger partial charge in [-0.25, -0.2) is 4.39 Å². The van der Waals surface area contributed by atoms with E-state index in [4.69, 9.17) is 4.74 Å². The predicted octanol–water partition coefficient (Wildman–Crippen LogP) is 3.63. The molecule has 0 radical (unpaired) electrons. The molecule has 0 heterocycles. The van der Waals surface area contributed by atoms with Gasteiger partial charge in [0.1, 0.15) is 11.6 Å². The van der Waals surface area contributed by atoms with Crippen molar-refractivity contribution in [2.75, 3.05) is 7.11 Å². The first-order chi connectivity index (χ1) is 9.17. The van der Waals surface area contributed by atoms with Crippen molar-refractivity contribution in [1.29, 1.82) is 0 Å². The van der Waals surface area contributed by atoms with Crippen LogP contribution in [-0.2, 0) is 6.42 Å². The van der Waals surface area contributed by atoms with Gasteiger partial charge in [-0.15, -0.1) is 0 Å². The van der Waals surface area contributed by atoms with Crippen LogP contribution in [0.3, 0.4) is 0 Å². The summed E-state index contributed by atoms with van der Waals surface area (Å²) in [6.45, 7) is 1.97. The first-order valence-corrected chi connectivity index (χ1v) is 6.13. The van der Waals surface area contributed by atoms with E-state index in [9.17, 15) is 9.18 Å². The number of hydrogen-bond acceptors (Lipinski definition) is 2. The molecular formula is C16H15FO2. The summed E-state index contributed by atoms with van der Waals surface area (Å²) < 4.78 is 18.8. The molecule has 0 N–H and O–H groups in total. The van der Waals surface area contributed by atoms with Gasteiger partial charge in [0.05, 0.1) is 12.7 Å². The van der Waals surface area contributed by atoms with Crippen molar-refractivity contribution in [1.82, 2.24) is 0 Å². The smallest absolute Gasteiger partial charge is 0.196 e. The maximum Gasteiger partial charge on any atom is 0.196 e. The molecule has 0 fully saturated rings. The molecule has 0 bridgehead atoms. The quantitative estimate of drug-likeness (QED) is 0.783. The van der Waals surface area contributed by atoms with Crippen LogP contribution in [0.15, 0.2) is 42.5 Å². The molecule has 19 heavy (non-hydrogen) atoms. The van der Waals surface area contributed by atoms with Crippen molar-refractivity contribution in [2.24, 2.45) is 0 Å². The molecule has 2 nitrogen and oxygen atoms in total. The van der Waals surface area contributed by atoms with Gasteiger partial charge in [0.2, 0.25) is 0 Å². The summed E-state index contributed by atoms with van der Waals surface area (Å²) in [6, 6.07) is 11.5. The fourth-order valence-electron chi connectivity index (χ4n) is 2.00. The third-order valence-corrected chi connectivity index (χ3v) is 3.06. The molecule has 0 atom stereocenters. The van der Waals surface area contributed by atoms with E-state index in [1.165, 1.54) is 19.2 Å². The second-order valence-corrected chi connectivity index (χ2v) is 4.19. The van der Waals surface area contributed by atoms with Crippen LogP contribution in [0.1, 0.15) is 28.4 Å². The Balaban J connectivity index is 2.44. The summed E-state index contributed by atoms with van der Waals surface area (Å²) in [7, 11) is 1.46. The molecular weight excluding hydrogens is 243 g/mol. The van der Waals surface area contributed by atoms with E-state index in [2.05, 4.69) is 0 Å². The summed E-state index contributed by atoms with van der Waals surface area (Å²) in [5.41, 5.74) is 1.54. The number of benzene rings is 2. The monoisotopic (exact) mass is 258 g/mol. The molecule has 0 saturated carbocycles. The predicted molar refractivity (Wildman–Crippen MR) is 72.2 cm³/mol. The van der Waals surface area contributed by atoms with E-state index in [-0.39, 0.29) is 11.3 Å². The van der Waals surface area contributed by atoms with E-state index >= 15 is 0 Å². The molecule has 98 valence electrons. The molecule has 0 aliphatic heterocycles. The average molecular weight is 258 g/mol. The molecule has 0 saturated heterocycles. The van der Waals surface area contributed by atoms with Crippen LogP contribution in [0.4, 0.5) is 4.39 Å². The van der Waals surface area contributed by atoms with Crippen molar-refractivity contribution in [3.05, 3.63) is 65.0 Å². The minimum atomic E-state index is -0.560. The highest BCUT2D eigenvalue weighted by atomic mass is 19.1. The van der Waals surface area contributed by atoms with Gasteiger partial charge in [-0.2, -0.15) is 0 Å². The minimum absolute atomic E-state index is 0.0710. The van der Waals surface area contributed by atoms with Crippen molar-refractivity contribution < 1.29 is 13.9 Å². The molecule has 0 spiro atoms. The lowest BCUT2D eigenvalue weighted by molar-refractivity contribution is 0.103. The summed E-state index contributed by atoms with van der Waals surface area (Å²) in [4.78, 5) is 12.4. The van der Waals surface area contributed by atoms with Gasteiger partial charge < -0.3 is 4.74 Å². The Labute approximate surface area is 111 Å². The Morgan fingerprint density at radius 2 is 1.89 bits per heavy atom. The number of methoxy groups -OCH3 is 1. The number of ketones is 1. The molecule has 2 aromatic rings. The summed E-state index contributed by atoms with van der Waals surface area (Å²) in [5, 5.41) is 0. The molecule has 0 aromatic heterocycles. The molecule has 2 aromatic carbocycles. The van der Waals surface area contributed by atoms with Crippen molar-refractivity contribution in [2.45, 2.75) is 13.3 Å². The molecule has 0 aliphatic carbocycles. The standard InChI is InChI=1S/C16H15FO2/c1-3-11-6-4-5-7-13(11)16(18)14-9-8-12(19-2)10-15(14)17/h4-10H,3H2,1-2H3. The molecule has 0 aliphatic rings. The zero-order chi connectivity index (χ0) is 13.8. The van der Waals surface area contributed by atoms with Gasteiger partial charge in [-0.1, -0.05) is 31.2 Å². The zero-order valence-corrected chi connectivity index (χ0v) is 10.9. The van der Waals surface area contributed by atoms with Gasteiger partial charge in [0, 0.05) is 11.6 Å². The Hall–Kier alpha value is -2.16. The van der Waals surface area contributed by atoms with Gasteiger partial charge in [0.25, 0.3) is 0 Å². The first kappa shape index (κ1) is 13.3. The van der Waals surface area contributed by atoms with Gasteiger partial charge in [0.15, 0.2) is 5.78 Å². The van der Waals surface area contributed by atoms with E-state index in [1.54, 1.807) is 18.2 Å². The zero-order valence-electron chi connectivity index (χ0n) is 10.9. The van der Waals surface area contributed by atoms with E-state index in [1.807, 2.05) is 19.1 Å². The second-order valence-electron chi connectivity index (χ2n) is 4.19. The van der Waals surface area contributed by atoms with Crippen LogP contribution in [0, 0.1) is 5.82 Å². The number of aryl methyl sites for hydroxylation is 1. The van der Waals surface area contributed by atoms with Crippen LogP contribution in [-0.4, -0.2) is 12.9 Å². The molecule has 0 amide bonds. The normalized spacial score (nSPS) is 10.3. The lowest BCUT2D eigenvalue weighted by Crippen LogP contribution is -2.07. The maximum atomic E-state index is 13.9. The summed E-state index contributed by atoms with van der Waals surface area (Å²) in [6.07, 6.45) is 0.736. The lowest BCUT2D eigenvalue weighted by Gasteiger charge is -2.08. The SMILES string of the molecule is CCc1ccccc1C(=O)c1ccc(OC)cc1F. The number of rotatable bonds is 4. The van der Waals surface area contributed by atoms with Gasteiger partial charge in [-0.05, 0) is 24.1 Å². The molecule has 2 rings (SSSR count). The average Bonchev–Trinajstić information content (AvgIpc) is 2.46. The van der Waals surface area contributed by atoms with Crippen LogP contribution in [0.2, 0.25) is 0 Å². The lowest BCUT2D eigenvalue weighted by atomic mass is 9.97. The Bertz CT molecular complexity index is 605. The van der Waals surface area contributed by atoms with Gasteiger partial charge in [-0.3, -0.25) is 4.79 Å². The fraction of sp³-hybridized carbons (Fsp3) is 0.188. The Morgan fingerprint density at radius 3 is 2.53 bits per heavy atom. The van der Waals surface area contributed by atoms with E-state index in [0.29, 0.717) is 11.3 Å². The Morgan fingerprint density at radius 1 is 1.16 bits per heavy atom. The Kier molecular flexibility index (Phi) is 3.95. The highest BCUT2D eigenvalue weighted by Gasteiger charge is 2.16. The number of ether oxygens (including phenoxy) is 1. The summed E-state index contributed by atoms with van der Waals surface area (Å²) in [5.74, 6) is -0.453. The van der Waals surface area contributed by atoms with Crippen LogP contribution < -0.4 is 4.74 Å². The fourth-order valence-corrected chi connectivity index (χ4v) is 2.00. The minimum Gasteiger partial charge on any atom is -0.497 e. The highest BCUT2D eigenvalue weighted by molar-refractivity contribution is 6.10. The van der Waals surface area contributed by atoms with E-state index < -0.39 is 5.82 Å². The van der Waals surface area contributed by atoms with Crippen LogP contribution in [0.25, 0.3) is 0 Å². The largest absolute Gasteiger partial charge is 0.497 e. The summed E-state index contributed by atoms with van der Waals surface area (Å²) >= 11 is 0. The molecule has 0 unspecified atom stereocenters. The van der Waals surface area contributed by atoms with Crippen LogP contribution >= 0.6 is 0 Å². The number of carbonyl (C=O) groups is 1. The van der Waals surface area contributed by atoms with Gasteiger partial charge >= 0.3 is 0 Å². The second kappa shape index (κ2) is 5.65. The first-order valence-electron chi connectivity index (χ1n) is 6.13. The van der Waals surface area contributed by atoms with E-state index in [0.717, 1.165) is 12.0 Å². The van der Waals surface area contributed by atoms with Crippen molar-refractivity contribution >= 4 is 5.78 Å². The van der Waals surface area contributed by atoms with Crippen LogP contribution in [0.5, 0.6) is 5.75 Å². The third kappa shape index (κ3) is 2.65. The number of hydrogen-bond donors (Lipinski definition) is 0. The number of halogens is 1.